The second-order valence-corrected chi connectivity index (χ2v) is 6.91. The molecule has 0 amide bonds. The number of hydrogen-bond donors (Lipinski definition) is 3. The molecule has 1 saturated heterocycles. The van der Waals surface area contributed by atoms with Crippen LogP contribution in [0.3, 0.4) is 0 Å². The minimum atomic E-state index is -1.44. The summed E-state index contributed by atoms with van der Waals surface area (Å²) in [5, 5.41) is 30.0. The summed E-state index contributed by atoms with van der Waals surface area (Å²) in [6, 6.07) is 9.30. The van der Waals surface area contributed by atoms with Gasteiger partial charge in [0.1, 0.15) is 25.0 Å². The average molecular weight is 392 g/mol. The van der Waals surface area contributed by atoms with Crippen LogP contribution in [-0.2, 0) is 22.8 Å². The number of aryl methyl sites for hydroxylation is 1. The largest absolute Gasteiger partial charge is 0.391 e. The molecule has 5 atom stereocenters. The normalized spacial score (nSPS) is 25.8. The van der Waals surface area contributed by atoms with E-state index in [1.807, 2.05) is 30.3 Å². The van der Waals surface area contributed by atoms with Crippen molar-refractivity contribution in [2.24, 2.45) is 0 Å². The second kappa shape index (κ2) is 8.38. The van der Waals surface area contributed by atoms with Crippen molar-refractivity contribution in [1.29, 1.82) is 0 Å². The number of ether oxygens (including phenoxy) is 2. The molecule has 1 aliphatic rings. The summed E-state index contributed by atoms with van der Waals surface area (Å²) in [5.41, 5.74) is -0.129. The van der Waals surface area contributed by atoms with E-state index in [0.717, 1.165) is 14.7 Å². The van der Waals surface area contributed by atoms with Crippen LogP contribution in [0.15, 0.2) is 46.1 Å². The van der Waals surface area contributed by atoms with Crippen molar-refractivity contribution in [3.05, 3.63) is 68.5 Å². The van der Waals surface area contributed by atoms with E-state index in [-0.39, 0.29) is 18.9 Å². The number of aliphatic hydroxyl groups excluding tert-OH is 3. The first-order valence-electron chi connectivity index (χ1n) is 8.95. The predicted octanol–water partition coefficient (Wildman–Crippen LogP) is -0.507. The summed E-state index contributed by atoms with van der Waals surface area (Å²) < 4.78 is 12.9. The highest BCUT2D eigenvalue weighted by atomic mass is 16.6. The number of rotatable bonds is 6. The van der Waals surface area contributed by atoms with Crippen molar-refractivity contribution in [3.8, 4) is 0 Å². The zero-order valence-corrected chi connectivity index (χ0v) is 15.6. The topological polar surface area (TPSA) is 123 Å². The number of hydrogen-bond acceptors (Lipinski definition) is 7. The van der Waals surface area contributed by atoms with Crippen molar-refractivity contribution in [3.63, 3.8) is 0 Å². The lowest BCUT2D eigenvalue weighted by molar-refractivity contribution is -0.0814. The molecule has 0 aliphatic carbocycles. The Hall–Kier alpha value is -2.30. The highest BCUT2D eigenvalue weighted by Gasteiger charge is 2.46. The Kier molecular flexibility index (Phi) is 6.11. The smallest absolute Gasteiger partial charge is 0.335 e. The lowest BCUT2D eigenvalue weighted by Gasteiger charge is -2.20. The molecular weight excluding hydrogens is 368 g/mol. The molecule has 28 heavy (non-hydrogen) atoms. The van der Waals surface area contributed by atoms with Crippen molar-refractivity contribution in [1.82, 2.24) is 9.13 Å². The Bertz CT molecular complexity index is 922. The zero-order chi connectivity index (χ0) is 20.4. The van der Waals surface area contributed by atoms with E-state index in [2.05, 4.69) is 0 Å². The number of aromatic nitrogens is 2. The van der Waals surface area contributed by atoms with Crippen LogP contribution >= 0.6 is 0 Å². The lowest BCUT2D eigenvalue weighted by atomic mass is 10.1. The molecule has 3 rings (SSSR count). The van der Waals surface area contributed by atoms with Gasteiger partial charge in [0.15, 0.2) is 6.23 Å². The SMILES string of the molecule is Cc1cn([C@@H]2O[C@H]([C@@H](C)O)[C@@H](O)[C@H]2O)c(=O)n(COCc2ccccc2)c1=O. The van der Waals surface area contributed by atoms with Gasteiger partial charge < -0.3 is 24.8 Å². The number of benzene rings is 1. The predicted molar refractivity (Wildman–Crippen MR) is 98.5 cm³/mol. The molecule has 1 aromatic carbocycles. The van der Waals surface area contributed by atoms with E-state index in [0.29, 0.717) is 0 Å². The molecule has 1 aliphatic heterocycles. The number of aliphatic hydroxyl groups is 3. The van der Waals surface area contributed by atoms with Crippen molar-refractivity contribution in [2.75, 3.05) is 0 Å². The maximum Gasteiger partial charge on any atom is 0.335 e. The van der Waals surface area contributed by atoms with Gasteiger partial charge in [-0.3, -0.25) is 9.36 Å². The van der Waals surface area contributed by atoms with Crippen molar-refractivity contribution < 1.29 is 24.8 Å². The Labute approximate surface area is 161 Å². The Balaban J connectivity index is 1.86. The van der Waals surface area contributed by atoms with Crippen molar-refractivity contribution in [2.45, 2.75) is 57.8 Å². The van der Waals surface area contributed by atoms with Gasteiger partial charge in [0.2, 0.25) is 0 Å². The van der Waals surface area contributed by atoms with E-state index in [9.17, 15) is 24.9 Å². The molecule has 9 nitrogen and oxygen atoms in total. The molecule has 2 heterocycles. The third kappa shape index (κ3) is 3.94. The molecule has 1 fully saturated rings. The fourth-order valence-corrected chi connectivity index (χ4v) is 3.20. The van der Waals surface area contributed by atoms with E-state index >= 15 is 0 Å². The first kappa shape index (κ1) is 20.4. The van der Waals surface area contributed by atoms with Crippen molar-refractivity contribution >= 4 is 0 Å². The van der Waals surface area contributed by atoms with Crippen LogP contribution < -0.4 is 11.2 Å². The molecule has 0 radical (unpaired) electrons. The molecular formula is C19H24N2O7. The lowest BCUT2D eigenvalue weighted by Crippen LogP contribution is -2.44. The fourth-order valence-electron chi connectivity index (χ4n) is 3.20. The van der Waals surface area contributed by atoms with Crippen LogP contribution in [0, 0.1) is 6.92 Å². The van der Waals surface area contributed by atoms with Crippen LogP contribution in [-0.4, -0.2) is 48.9 Å². The average Bonchev–Trinajstić information content (AvgIpc) is 2.97. The maximum absolute atomic E-state index is 12.8. The standard InChI is InChI=1S/C19H24N2O7/c1-11-8-20(18-15(24)14(23)16(28-18)12(2)22)19(26)21(17(11)25)10-27-9-13-6-4-3-5-7-13/h3-8,12,14-16,18,22-24H,9-10H2,1-2H3/t12-,14+,15-,16-,18-/m1/s1. The summed E-state index contributed by atoms with van der Waals surface area (Å²) >= 11 is 0. The third-order valence-corrected chi connectivity index (χ3v) is 4.72. The first-order chi connectivity index (χ1) is 13.3. The summed E-state index contributed by atoms with van der Waals surface area (Å²) in [7, 11) is 0. The minimum Gasteiger partial charge on any atom is -0.391 e. The number of nitrogens with zero attached hydrogens (tertiary/aromatic N) is 2. The summed E-state index contributed by atoms with van der Waals surface area (Å²) in [5.74, 6) is 0. The molecule has 2 aromatic rings. The highest BCUT2D eigenvalue weighted by Crippen LogP contribution is 2.30. The van der Waals surface area contributed by atoms with E-state index in [1.165, 1.54) is 20.0 Å². The maximum atomic E-state index is 12.8. The Morgan fingerprint density at radius 1 is 1.18 bits per heavy atom. The van der Waals surface area contributed by atoms with Crippen LogP contribution in [0.2, 0.25) is 0 Å². The molecule has 0 unspecified atom stereocenters. The van der Waals surface area contributed by atoms with Gasteiger partial charge >= 0.3 is 5.69 Å². The van der Waals surface area contributed by atoms with Crippen LogP contribution in [0.25, 0.3) is 0 Å². The van der Waals surface area contributed by atoms with Gasteiger partial charge in [0.25, 0.3) is 5.56 Å². The highest BCUT2D eigenvalue weighted by molar-refractivity contribution is 5.13. The van der Waals surface area contributed by atoms with Gasteiger partial charge in [0, 0.05) is 11.8 Å². The fraction of sp³-hybridized carbons (Fsp3) is 0.474. The van der Waals surface area contributed by atoms with Crippen LogP contribution in [0.4, 0.5) is 0 Å². The molecule has 0 saturated carbocycles. The zero-order valence-electron chi connectivity index (χ0n) is 15.6. The van der Waals surface area contributed by atoms with Crippen LogP contribution in [0.5, 0.6) is 0 Å². The summed E-state index contributed by atoms with van der Waals surface area (Å²) in [6.45, 7) is 2.87. The summed E-state index contributed by atoms with van der Waals surface area (Å²) in [6.07, 6.45) is -4.88. The molecule has 0 bridgehead atoms. The van der Waals surface area contributed by atoms with Gasteiger partial charge in [-0.15, -0.1) is 0 Å². The molecule has 152 valence electrons. The van der Waals surface area contributed by atoms with E-state index in [1.54, 1.807) is 0 Å². The van der Waals surface area contributed by atoms with Gasteiger partial charge in [-0.2, -0.15) is 0 Å². The molecule has 9 heteroatoms. The quantitative estimate of drug-likeness (QED) is 0.605. The van der Waals surface area contributed by atoms with Gasteiger partial charge in [0.05, 0.1) is 12.7 Å². The Morgan fingerprint density at radius 3 is 2.46 bits per heavy atom. The monoisotopic (exact) mass is 392 g/mol. The third-order valence-electron chi connectivity index (χ3n) is 4.72. The Morgan fingerprint density at radius 2 is 1.86 bits per heavy atom. The second-order valence-electron chi connectivity index (χ2n) is 6.91. The van der Waals surface area contributed by atoms with Gasteiger partial charge in [-0.05, 0) is 19.4 Å². The summed E-state index contributed by atoms with van der Waals surface area (Å²) in [4.78, 5) is 25.2. The molecule has 3 N–H and O–H groups in total. The van der Waals surface area contributed by atoms with Gasteiger partial charge in [-0.1, -0.05) is 30.3 Å². The van der Waals surface area contributed by atoms with Gasteiger partial charge in [-0.25, -0.2) is 9.36 Å². The minimum absolute atomic E-state index is 0.214. The van der Waals surface area contributed by atoms with E-state index in [4.69, 9.17) is 9.47 Å². The van der Waals surface area contributed by atoms with E-state index < -0.39 is 41.9 Å². The first-order valence-corrected chi connectivity index (χ1v) is 8.95. The molecule has 1 aromatic heterocycles. The molecule has 0 spiro atoms. The van der Waals surface area contributed by atoms with Crippen LogP contribution in [0.1, 0.15) is 24.3 Å².